The molecule has 0 aliphatic rings. The highest BCUT2D eigenvalue weighted by molar-refractivity contribution is 5.92. The number of ether oxygens (including phenoxy) is 1. The molecule has 2 rings (SSSR count). The van der Waals surface area contributed by atoms with Gasteiger partial charge in [-0.15, -0.1) is 0 Å². The zero-order valence-electron chi connectivity index (χ0n) is 13.4. The van der Waals surface area contributed by atoms with Crippen molar-refractivity contribution in [1.82, 2.24) is 4.90 Å². The number of hydrogen-bond donors (Lipinski definition) is 2. The number of carbonyl (C=O) groups excluding carboxylic acids is 1. The van der Waals surface area contributed by atoms with Crippen molar-refractivity contribution < 1.29 is 9.53 Å². The van der Waals surface area contributed by atoms with Crippen molar-refractivity contribution in [2.45, 2.75) is 6.54 Å². The Labute approximate surface area is 137 Å². The van der Waals surface area contributed by atoms with E-state index in [9.17, 15) is 4.79 Å². The molecule has 0 aliphatic heterocycles. The highest BCUT2D eigenvalue weighted by Crippen LogP contribution is 2.15. The second-order valence-corrected chi connectivity index (χ2v) is 5.26. The average molecular weight is 313 g/mol. The third kappa shape index (κ3) is 5.73. The molecule has 122 valence electrons. The Morgan fingerprint density at radius 2 is 1.83 bits per heavy atom. The quantitative estimate of drug-likeness (QED) is 0.783. The van der Waals surface area contributed by atoms with Gasteiger partial charge in [-0.05, 0) is 29.8 Å². The van der Waals surface area contributed by atoms with E-state index in [2.05, 4.69) is 5.32 Å². The van der Waals surface area contributed by atoms with Crippen molar-refractivity contribution in [3.05, 3.63) is 60.2 Å². The zero-order chi connectivity index (χ0) is 16.5. The van der Waals surface area contributed by atoms with E-state index >= 15 is 0 Å². The highest BCUT2D eigenvalue weighted by atomic mass is 16.5. The lowest BCUT2D eigenvalue weighted by Gasteiger charge is -2.21. The van der Waals surface area contributed by atoms with Crippen LogP contribution in [-0.4, -0.2) is 37.6 Å². The van der Waals surface area contributed by atoms with E-state index in [0.29, 0.717) is 26.2 Å². The van der Waals surface area contributed by atoms with E-state index in [4.69, 9.17) is 10.5 Å². The summed E-state index contributed by atoms with van der Waals surface area (Å²) in [6, 6.07) is 17.3. The molecule has 0 saturated heterocycles. The molecule has 0 unspecified atom stereocenters. The van der Waals surface area contributed by atoms with E-state index in [-0.39, 0.29) is 5.91 Å². The van der Waals surface area contributed by atoms with Crippen molar-refractivity contribution in [2.75, 3.05) is 32.1 Å². The van der Waals surface area contributed by atoms with Crippen LogP contribution in [0, 0.1) is 0 Å². The molecule has 0 radical (unpaired) electrons. The molecule has 2 aromatic rings. The van der Waals surface area contributed by atoms with Crippen molar-refractivity contribution >= 4 is 11.6 Å². The largest absolute Gasteiger partial charge is 0.497 e. The minimum absolute atomic E-state index is 0.0560. The summed E-state index contributed by atoms with van der Waals surface area (Å²) in [7, 11) is 1.61. The lowest BCUT2D eigenvalue weighted by molar-refractivity contribution is -0.117. The fraction of sp³-hybridized carbons (Fsp3) is 0.278. The molecule has 5 heteroatoms. The fourth-order valence-corrected chi connectivity index (χ4v) is 2.32. The predicted molar refractivity (Wildman–Crippen MR) is 92.4 cm³/mol. The summed E-state index contributed by atoms with van der Waals surface area (Å²) in [5.74, 6) is 0.705. The maximum atomic E-state index is 12.2. The van der Waals surface area contributed by atoms with E-state index in [1.54, 1.807) is 7.11 Å². The van der Waals surface area contributed by atoms with E-state index in [1.807, 2.05) is 59.5 Å². The number of hydrogen-bond acceptors (Lipinski definition) is 4. The van der Waals surface area contributed by atoms with Gasteiger partial charge in [0.1, 0.15) is 5.75 Å². The van der Waals surface area contributed by atoms with Gasteiger partial charge in [0.2, 0.25) is 5.91 Å². The fourth-order valence-electron chi connectivity index (χ4n) is 2.32. The van der Waals surface area contributed by atoms with Crippen molar-refractivity contribution in [3.8, 4) is 5.75 Å². The smallest absolute Gasteiger partial charge is 0.238 e. The third-order valence-corrected chi connectivity index (χ3v) is 3.44. The zero-order valence-corrected chi connectivity index (χ0v) is 13.4. The maximum absolute atomic E-state index is 12.2. The average Bonchev–Trinajstić information content (AvgIpc) is 2.56. The summed E-state index contributed by atoms with van der Waals surface area (Å²) in [4.78, 5) is 14.3. The number of rotatable bonds is 8. The summed E-state index contributed by atoms with van der Waals surface area (Å²) >= 11 is 0. The lowest BCUT2D eigenvalue weighted by atomic mass is 10.2. The first kappa shape index (κ1) is 17.0. The number of benzene rings is 2. The molecule has 0 aromatic heterocycles. The molecule has 0 spiro atoms. The SMILES string of the molecule is COc1ccc(NC(=O)CN(CCN)Cc2ccccc2)cc1. The molecule has 0 atom stereocenters. The molecule has 0 saturated carbocycles. The Morgan fingerprint density at radius 3 is 2.43 bits per heavy atom. The van der Waals surface area contributed by atoms with Crippen LogP contribution in [0.4, 0.5) is 5.69 Å². The van der Waals surface area contributed by atoms with E-state index in [1.165, 1.54) is 0 Å². The van der Waals surface area contributed by atoms with Crippen LogP contribution in [0.25, 0.3) is 0 Å². The van der Waals surface area contributed by atoms with Crippen LogP contribution in [0.2, 0.25) is 0 Å². The Balaban J connectivity index is 1.91. The van der Waals surface area contributed by atoms with Crippen LogP contribution in [0.3, 0.4) is 0 Å². The lowest BCUT2D eigenvalue weighted by Crippen LogP contribution is -2.36. The summed E-state index contributed by atoms with van der Waals surface area (Å²) in [5.41, 5.74) is 7.57. The number of nitrogens with one attached hydrogen (secondary N) is 1. The molecule has 1 amide bonds. The number of amides is 1. The van der Waals surface area contributed by atoms with Crippen LogP contribution < -0.4 is 15.8 Å². The van der Waals surface area contributed by atoms with Gasteiger partial charge in [-0.1, -0.05) is 30.3 Å². The maximum Gasteiger partial charge on any atom is 0.238 e. The Bertz CT molecular complexity index is 599. The highest BCUT2D eigenvalue weighted by Gasteiger charge is 2.11. The summed E-state index contributed by atoms with van der Waals surface area (Å²) in [6.45, 7) is 2.19. The number of methoxy groups -OCH3 is 1. The van der Waals surface area contributed by atoms with Gasteiger partial charge in [-0.2, -0.15) is 0 Å². The Kier molecular flexibility index (Phi) is 6.59. The first-order valence-electron chi connectivity index (χ1n) is 7.61. The van der Waals surface area contributed by atoms with Crippen molar-refractivity contribution in [3.63, 3.8) is 0 Å². The molecule has 0 bridgehead atoms. The number of carbonyl (C=O) groups is 1. The van der Waals surface area contributed by atoms with Crippen LogP contribution in [-0.2, 0) is 11.3 Å². The molecule has 0 heterocycles. The van der Waals surface area contributed by atoms with E-state index < -0.39 is 0 Å². The Hall–Kier alpha value is -2.37. The molecule has 5 nitrogen and oxygen atoms in total. The van der Waals surface area contributed by atoms with Gasteiger partial charge < -0.3 is 15.8 Å². The predicted octanol–water partition coefficient (Wildman–Crippen LogP) is 2.09. The number of anilines is 1. The van der Waals surface area contributed by atoms with E-state index in [0.717, 1.165) is 17.0 Å². The van der Waals surface area contributed by atoms with Crippen LogP contribution in [0.5, 0.6) is 5.75 Å². The summed E-state index contributed by atoms with van der Waals surface area (Å²) in [5, 5.41) is 2.89. The van der Waals surface area contributed by atoms with Gasteiger partial charge in [-0.3, -0.25) is 9.69 Å². The minimum Gasteiger partial charge on any atom is -0.497 e. The standard InChI is InChI=1S/C18H23N3O2/c1-23-17-9-7-16(8-10-17)20-18(22)14-21(12-11-19)13-15-5-3-2-4-6-15/h2-10H,11-14,19H2,1H3,(H,20,22). The van der Waals surface area contributed by atoms with Gasteiger partial charge >= 0.3 is 0 Å². The molecule has 23 heavy (non-hydrogen) atoms. The van der Waals surface area contributed by atoms with Gasteiger partial charge in [0.15, 0.2) is 0 Å². The van der Waals surface area contributed by atoms with Gasteiger partial charge in [-0.25, -0.2) is 0 Å². The normalized spacial score (nSPS) is 10.6. The molecular formula is C18H23N3O2. The molecule has 0 aliphatic carbocycles. The van der Waals surface area contributed by atoms with Crippen LogP contribution in [0.15, 0.2) is 54.6 Å². The summed E-state index contributed by atoms with van der Waals surface area (Å²) < 4.78 is 5.10. The topological polar surface area (TPSA) is 67.6 Å². The van der Waals surface area contributed by atoms with Gasteiger partial charge in [0.05, 0.1) is 13.7 Å². The molecule has 3 N–H and O–H groups in total. The second-order valence-electron chi connectivity index (χ2n) is 5.26. The van der Waals surface area contributed by atoms with Gasteiger partial charge in [0.25, 0.3) is 0 Å². The number of nitrogens with two attached hydrogens (primary N) is 1. The second kappa shape index (κ2) is 8.92. The van der Waals surface area contributed by atoms with Crippen LogP contribution >= 0.6 is 0 Å². The Morgan fingerprint density at radius 1 is 1.13 bits per heavy atom. The minimum atomic E-state index is -0.0560. The molecule has 2 aromatic carbocycles. The van der Waals surface area contributed by atoms with Crippen molar-refractivity contribution in [2.24, 2.45) is 5.73 Å². The molecule has 0 fully saturated rings. The van der Waals surface area contributed by atoms with Gasteiger partial charge in [0, 0.05) is 25.3 Å². The monoisotopic (exact) mass is 313 g/mol. The number of nitrogens with zero attached hydrogens (tertiary/aromatic N) is 1. The summed E-state index contributed by atoms with van der Waals surface area (Å²) in [6.07, 6.45) is 0. The third-order valence-electron chi connectivity index (χ3n) is 3.44. The van der Waals surface area contributed by atoms with Crippen molar-refractivity contribution in [1.29, 1.82) is 0 Å². The first-order valence-corrected chi connectivity index (χ1v) is 7.61. The first-order chi connectivity index (χ1) is 11.2. The van der Waals surface area contributed by atoms with Crippen LogP contribution in [0.1, 0.15) is 5.56 Å². The molecular weight excluding hydrogens is 290 g/mol.